The molecule has 0 fully saturated rings. The van der Waals surface area contributed by atoms with E-state index in [0.717, 1.165) is 17.5 Å². The first-order valence-corrected chi connectivity index (χ1v) is 6.50. The fourth-order valence-electron chi connectivity index (χ4n) is 2.05. The Kier molecular flexibility index (Phi) is 4.77. The lowest BCUT2D eigenvalue weighted by Crippen LogP contribution is -2.19. The van der Waals surface area contributed by atoms with E-state index in [1.165, 1.54) is 0 Å². The molecule has 0 saturated carbocycles. The summed E-state index contributed by atoms with van der Waals surface area (Å²) in [6, 6.07) is 3.93. The minimum Gasteiger partial charge on any atom is -0.507 e. The zero-order valence-corrected chi connectivity index (χ0v) is 12.0. The van der Waals surface area contributed by atoms with Crippen LogP contribution in [-0.4, -0.2) is 23.8 Å². The first-order chi connectivity index (χ1) is 8.31. The predicted molar refractivity (Wildman–Crippen MR) is 75.1 cm³/mol. The van der Waals surface area contributed by atoms with Crippen LogP contribution in [0.4, 0.5) is 0 Å². The molecular formula is C15H25NO2. The van der Waals surface area contributed by atoms with Gasteiger partial charge in [-0.15, -0.1) is 0 Å². The van der Waals surface area contributed by atoms with Gasteiger partial charge in [0.05, 0.1) is 6.10 Å². The van der Waals surface area contributed by atoms with Crippen molar-refractivity contribution in [2.24, 2.45) is 0 Å². The minimum atomic E-state index is -0.678. The third kappa shape index (κ3) is 3.24. The molecule has 3 heteroatoms. The van der Waals surface area contributed by atoms with E-state index >= 15 is 0 Å². The van der Waals surface area contributed by atoms with Gasteiger partial charge in [0.15, 0.2) is 0 Å². The molecule has 3 N–H and O–H groups in total. The first-order valence-electron chi connectivity index (χ1n) is 6.50. The smallest absolute Gasteiger partial charge is 0.125 e. The number of aliphatic hydroxyl groups excluding tert-OH is 1. The van der Waals surface area contributed by atoms with Crippen LogP contribution >= 0.6 is 0 Å². The lowest BCUT2D eigenvalue weighted by molar-refractivity contribution is 0.173. The number of rotatable bonds is 4. The van der Waals surface area contributed by atoms with Gasteiger partial charge in [0.2, 0.25) is 0 Å². The van der Waals surface area contributed by atoms with E-state index in [-0.39, 0.29) is 11.2 Å². The molecule has 1 aromatic rings. The van der Waals surface area contributed by atoms with Crippen LogP contribution in [0.1, 0.15) is 50.5 Å². The van der Waals surface area contributed by atoms with Gasteiger partial charge in [0, 0.05) is 12.1 Å². The predicted octanol–water partition coefficient (Wildman–Crippen LogP) is 2.50. The summed E-state index contributed by atoms with van der Waals surface area (Å²) >= 11 is 0. The summed E-state index contributed by atoms with van der Waals surface area (Å²) in [6.07, 6.45) is 0.213. The summed E-state index contributed by atoms with van der Waals surface area (Å²) in [6.45, 7) is 8.71. The zero-order chi connectivity index (χ0) is 13.9. The molecule has 0 aliphatic carbocycles. The molecule has 0 aliphatic heterocycles. The average Bonchev–Trinajstić information content (AvgIpc) is 2.28. The molecule has 1 atom stereocenters. The normalized spacial score (nSPS) is 13.7. The molecule has 0 aromatic heterocycles. The second-order valence-electron chi connectivity index (χ2n) is 5.76. The highest BCUT2D eigenvalue weighted by atomic mass is 16.3. The summed E-state index contributed by atoms with van der Waals surface area (Å²) in [5.41, 5.74) is 2.52. The van der Waals surface area contributed by atoms with Crippen LogP contribution in [0, 0.1) is 0 Å². The van der Waals surface area contributed by atoms with Crippen molar-refractivity contribution in [1.29, 1.82) is 0 Å². The molecule has 0 radical (unpaired) electrons. The Morgan fingerprint density at radius 1 is 1.28 bits per heavy atom. The van der Waals surface area contributed by atoms with Crippen LogP contribution in [-0.2, 0) is 11.8 Å². The van der Waals surface area contributed by atoms with Crippen molar-refractivity contribution in [3.63, 3.8) is 0 Å². The lowest BCUT2D eigenvalue weighted by Gasteiger charge is -2.24. The maximum absolute atomic E-state index is 10.4. The molecule has 1 aromatic carbocycles. The maximum Gasteiger partial charge on any atom is 0.125 e. The van der Waals surface area contributed by atoms with E-state index in [0.29, 0.717) is 12.1 Å². The fraction of sp³-hybridized carbons (Fsp3) is 0.600. The molecule has 102 valence electrons. The van der Waals surface area contributed by atoms with Gasteiger partial charge in [-0.25, -0.2) is 0 Å². The van der Waals surface area contributed by atoms with Gasteiger partial charge in [-0.05, 0) is 36.1 Å². The van der Waals surface area contributed by atoms with Crippen molar-refractivity contribution in [2.45, 2.75) is 45.6 Å². The van der Waals surface area contributed by atoms with Crippen molar-refractivity contribution in [1.82, 2.24) is 5.32 Å². The highest BCUT2D eigenvalue weighted by Gasteiger charge is 2.23. The van der Waals surface area contributed by atoms with E-state index in [2.05, 4.69) is 33.0 Å². The Morgan fingerprint density at radius 2 is 1.89 bits per heavy atom. The van der Waals surface area contributed by atoms with Crippen LogP contribution in [0.25, 0.3) is 0 Å². The van der Waals surface area contributed by atoms with Crippen LogP contribution in [0.3, 0.4) is 0 Å². The number of likely N-dealkylation sites (N-methyl/N-ethyl adjacent to an activating group) is 1. The third-order valence-corrected chi connectivity index (χ3v) is 3.17. The maximum atomic E-state index is 10.4. The van der Waals surface area contributed by atoms with E-state index < -0.39 is 6.10 Å². The summed E-state index contributed by atoms with van der Waals surface area (Å²) in [7, 11) is 1.79. The molecule has 0 saturated heterocycles. The highest BCUT2D eigenvalue weighted by molar-refractivity contribution is 5.48. The van der Waals surface area contributed by atoms with Crippen LogP contribution in [0.15, 0.2) is 12.1 Å². The number of aryl methyl sites for hydroxylation is 1. The van der Waals surface area contributed by atoms with Crippen LogP contribution in [0.5, 0.6) is 5.75 Å². The molecule has 0 amide bonds. The molecule has 3 nitrogen and oxygen atoms in total. The van der Waals surface area contributed by atoms with E-state index in [9.17, 15) is 10.2 Å². The van der Waals surface area contributed by atoms with Crippen molar-refractivity contribution in [3.05, 3.63) is 28.8 Å². The zero-order valence-electron chi connectivity index (χ0n) is 12.0. The van der Waals surface area contributed by atoms with Gasteiger partial charge in [-0.2, -0.15) is 0 Å². The third-order valence-electron chi connectivity index (χ3n) is 3.17. The van der Waals surface area contributed by atoms with E-state index in [1.807, 2.05) is 12.1 Å². The molecule has 0 aliphatic rings. The number of aliphatic hydroxyl groups is 1. The van der Waals surface area contributed by atoms with Gasteiger partial charge in [0.1, 0.15) is 5.75 Å². The Hall–Kier alpha value is -1.06. The van der Waals surface area contributed by atoms with Gasteiger partial charge in [-0.1, -0.05) is 33.8 Å². The average molecular weight is 251 g/mol. The van der Waals surface area contributed by atoms with Crippen LogP contribution in [0.2, 0.25) is 0 Å². The number of hydrogen-bond acceptors (Lipinski definition) is 3. The summed E-state index contributed by atoms with van der Waals surface area (Å²) in [5.74, 6) is 0.224. The molecule has 0 heterocycles. The minimum absolute atomic E-state index is 0.136. The molecule has 0 bridgehead atoms. The van der Waals surface area contributed by atoms with Crippen molar-refractivity contribution in [3.8, 4) is 5.75 Å². The summed E-state index contributed by atoms with van der Waals surface area (Å²) in [4.78, 5) is 0. The number of hydrogen-bond donors (Lipinski definition) is 3. The van der Waals surface area contributed by atoms with Gasteiger partial charge < -0.3 is 15.5 Å². The number of phenols is 1. The molecular weight excluding hydrogens is 226 g/mol. The Balaban J connectivity index is 3.34. The number of benzene rings is 1. The highest BCUT2D eigenvalue weighted by Crippen LogP contribution is 2.37. The summed E-state index contributed by atoms with van der Waals surface area (Å²) < 4.78 is 0. The Bertz CT molecular complexity index is 408. The second-order valence-corrected chi connectivity index (χ2v) is 5.76. The lowest BCUT2D eigenvalue weighted by atomic mass is 9.83. The van der Waals surface area contributed by atoms with Gasteiger partial charge in [-0.3, -0.25) is 0 Å². The molecule has 18 heavy (non-hydrogen) atoms. The van der Waals surface area contributed by atoms with Crippen molar-refractivity contribution < 1.29 is 10.2 Å². The Morgan fingerprint density at radius 3 is 2.33 bits per heavy atom. The van der Waals surface area contributed by atoms with Gasteiger partial charge in [0.25, 0.3) is 0 Å². The topological polar surface area (TPSA) is 52.5 Å². The van der Waals surface area contributed by atoms with Crippen molar-refractivity contribution in [2.75, 3.05) is 13.6 Å². The van der Waals surface area contributed by atoms with E-state index in [1.54, 1.807) is 7.05 Å². The second kappa shape index (κ2) is 5.72. The number of phenolic OH excluding ortho intramolecular Hbond substituents is 1. The summed E-state index contributed by atoms with van der Waals surface area (Å²) in [5, 5.41) is 23.4. The fourth-order valence-corrected chi connectivity index (χ4v) is 2.05. The number of nitrogens with one attached hydrogen (secondary N) is 1. The number of aromatic hydroxyl groups is 1. The Labute approximate surface area is 110 Å². The monoisotopic (exact) mass is 251 g/mol. The van der Waals surface area contributed by atoms with Crippen molar-refractivity contribution >= 4 is 0 Å². The van der Waals surface area contributed by atoms with Crippen LogP contribution < -0.4 is 5.32 Å². The van der Waals surface area contributed by atoms with Gasteiger partial charge >= 0.3 is 0 Å². The molecule has 1 unspecified atom stereocenters. The standard InChI is InChI=1S/C15H25NO2/c1-6-10-7-11(13(17)9-16-5)14(18)12(8-10)15(2,3)4/h7-8,13,16-18H,6,9H2,1-5H3. The molecule has 1 rings (SSSR count). The first kappa shape index (κ1) is 15.0. The quantitative estimate of drug-likeness (QED) is 0.770. The largest absolute Gasteiger partial charge is 0.507 e. The van der Waals surface area contributed by atoms with E-state index in [4.69, 9.17) is 0 Å². The molecule has 0 spiro atoms. The SMILES string of the molecule is CCc1cc(C(O)CNC)c(O)c(C(C)(C)C)c1.